The molecule has 2 aromatic heterocycles. The van der Waals surface area contributed by atoms with Crippen molar-refractivity contribution in [3.63, 3.8) is 0 Å². The van der Waals surface area contributed by atoms with Crippen LogP contribution in [0, 0.1) is 19.8 Å². The molecule has 0 unspecified atom stereocenters. The summed E-state index contributed by atoms with van der Waals surface area (Å²) < 4.78 is 0. The van der Waals surface area contributed by atoms with Gasteiger partial charge >= 0.3 is 0 Å². The standard InChI is InChI=1S/C27H25ClN2O3/c1-16-11-24-27(17(2)26(16)19-7-9-29-10-8-19)21(20-5-3-4-6-22(20)28)13-23(30-24)25(33)12-18(14-31)15-32/h3-11,13,18,31-32H,12,14-15H2,1-2H3. The molecule has 0 aliphatic heterocycles. The van der Waals surface area contributed by atoms with Crippen molar-refractivity contribution >= 4 is 28.3 Å². The van der Waals surface area contributed by atoms with Gasteiger partial charge in [0.25, 0.3) is 0 Å². The SMILES string of the molecule is Cc1cc2nc(C(=O)CC(CO)CO)cc(-c3ccccc3Cl)c2c(C)c1-c1ccncc1. The van der Waals surface area contributed by atoms with Crippen LogP contribution in [0.25, 0.3) is 33.2 Å². The van der Waals surface area contributed by atoms with E-state index in [-0.39, 0.29) is 25.4 Å². The first-order chi connectivity index (χ1) is 15.9. The average molecular weight is 461 g/mol. The van der Waals surface area contributed by atoms with E-state index >= 15 is 0 Å². The summed E-state index contributed by atoms with van der Waals surface area (Å²) in [5.41, 5.74) is 6.87. The number of carbonyl (C=O) groups is 1. The number of ketones is 1. The Kier molecular flexibility index (Phi) is 6.84. The van der Waals surface area contributed by atoms with E-state index in [1.807, 2.05) is 49.4 Å². The molecule has 5 nitrogen and oxygen atoms in total. The van der Waals surface area contributed by atoms with Crippen LogP contribution in [0.4, 0.5) is 0 Å². The van der Waals surface area contributed by atoms with Gasteiger partial charge in [0.2, 0.25) is 0 Å². The molecule has 6 heteroatoms. The highest BCUT2D eigenvalue weighted by molar-refractivity contribution is 6.33. The average Bonchev–Trinajstić information content (AvgIpc) is 2.82. The zero-order valence-corrected chi connectivity index (χ0v) is 19.3. The van der Waals surface area contributed by atoms with Gasteiger partial charge in [-0.15, -0.1) is 0 Å². The third-order valence-corrected chi connectivity index (χ3v) is 6.28. The number of halogens is 1. The first kappa shape index (κ1) is 23.1. The predicted octanol–water partition coefficient (Wildman–Crippen LogP) is 5.41. The molecule has 0 amide bonds. The molecule has 0 radical (unpaired) electrons. The van der Waals surface area contributed by atoms with Gasteiger partial charge in [0, 0.05) is 53.9 Å². The van der Waals surface area contributed by atoms with Crippen LogP contribution < -0.4 is 0 Å². The first-order valence-electron chi connectivity index (χ1n) is 10.8. The number of aliphatic hydroxyl groups is 2. The maximum absolute atomic E-state index is 13.0. The number of fused-ring (bicyclic) bond motifs is 1. The van der Waals surface area contributed by atoms with Crippen LogP contribution in [0.1, 0.15) is 28.0 Å². The number of aryl methyl sites for hydroxylation is 2. The summed E-state index contributed by atoms with van der Waals surface area (Å²) in [6.07, 6.45) is 3.55. The Labute approximate surface area is 197 Å². The fraction of sp³-hybridized carbons (Fsp3) is 0.222. The number of aromatic nitrogens is 2. The number of rotatable bonds is 7. The predicted molar refractivity (Wildman–Crippen MR) is 132 cm³/mol. The summed E-state index contributed by atoms with van der Waals surface area (Å²) in [4.78, 5) is 21.9. The number of benzene rings is 2. The van der Waals surface area contributed by atoms with E-state index in [9.17, 15) is 15.0 Å². The summed E-state index contributed by atoms with van der Waals surface area (Å²) in [5, 5.41) is 20.3. The zero-order chi connectivity index (χ0) is 23.5. The monoisotopic (exact) mass is 460 g/mol. The molecule has 0 aliphatic carbocycles. The second-order valence-corrected chi connectivity index (χ2v) is 8.62. The number of hydrogen-bond acceptors (Lipinski definition) is 5. The van der Waals surface area contributed by atoms with Gasteiger partial charge in [-0.1, -0.05) is 29.8 Å². The molecule has 0 saturated heterocycles. The van der Waals surface area contributed by atoms with Crippen molar-refractivity contribution in [1.29, 1.82) is 0 Å². The van der Waals surface area contributed by atoms with Crippen molar-refractivity contribution in [3.8, 4) is 22.3 Å². The Hall–Kier alpha value is -3.12. The van der Waals surface area contributed by atoms with Gasteiger partial charge in [-0.3, -0.25) is 9.78 Å². The first-order valence-corrected chi connectivity index (χ1v) is 11.2. The summed E-state index contributed by atoms with van der Waals surface area (Å²) >= 11 is 6.58. The van der Waals surface area contributed by atoms with Crippen molar-refractivity contribution in [1.82, 2.24) is 9.97 Å². The summed E-state index contributed by atoms with van der Waals surface area (Å²) in [7, 11) is 0. The molecule has 0 saturated carbocycles. The maximum atomic E-state index is 13.0. The van der Waals surface area contributed by atoms with Gasteiger partial charge < -0.3 is 10.2 Å². The van der Waals surface area contributed by atoms with Crippen molar-refractivity contribution < 1.29 is 15.0 Å². The molecule has 33 heavy (non-hydrogen) atoms. The molecule has 2 N–H and O–H groups in total. The van der Waals surface area contributed by atoms with E-state index in [1.165, 1.54) is 0 Å². The van der Waals surface area contributed by atoms with Gasteiger partial charge in [0.05, 0.1) is 5.52 Å². The summed E-state index contributed by atoms with van der Waals surface area (Å²) in [6, 6.07) is 15.3. The van der Waals surface area contributed by atoms with Crippen LogP contribution in [0.15, 0.2) is 60.9 Å². The molecule has 0 spiro atoms. The van der Waals surface area contributed by atoms with Gasteiger partial charge in [-0.25, -0.2) is 4.98 Å². The van der Waals surface area contributed by atoms with Crippen molar-refractivity contribution in [3.05, 3.63) is 82.8 Å². The van der Waals surface area contributed by atoms with Crippen LogP contribution in [0.5, 0.6) is 0 Å². The Bertz CT molecular complexity index is 1320. The van der Waals surface area contributed by atoms with E-state index < -0.39 is 5.92 Å². The molecule has 168 valence electrons. The van der Waals surface area contributed by atoms with Crippen LogP contribution in [0.2, 0.25) is 5.02 Å². The Morgan fingerprint density at radius 2 is 1.70 bits per heavy atom. The molecule has 2 aromatic carbocycles. The summed E-state index contributed by atoms with van der Waals surface area (Å²) in [5.74, 6) is -0.747. The molecule has 0 aliphatic rings. The highest BCUT2D eigenvalue weighted by atomic mass is 35.5. The summed E-state index contributed by atoms with van der Waals surface area (Å²) in [6.45, 7) is 3.56. The fourth-order valence-electron chi connectivity index (χ4n) is 4.31. The van der Waals surface area contributed by atoms with Gasteiger partial charge in [-0.2, -0.15) is 0 Å². The minimum absolute atomic E-state index is 0.0144. The van der Waals surface area contributed by atoms with Crippen molar-refractivity contribution in [2.75, 3.05) is 13.2 Å². The lowest BCUT2D eigenvalue weighted by atomic mass is 9.88. The quantitative estimate of drug-likeness (QED) is 0.360. The fourth-order valence-corrected chi connectivity index (χ4v) is 4.55. The lowest BCUT2D eigenvalue weighted by Gasteiger charge is -2.18. The van der Waals surface area contributed by atoms with Gasteiger partial charge in [-0.05, 0) is 72.0 Å². The molecule has 4 rings (SSSR count). The third-order valence-electron chi connectivity index (χ3n) is 5.95. The number of carbonyl (C=O) groups excluding carboxylic acids is 1. The minimum atomic E-state index is -0.517. The number of pyridine rings is 2. The van der Waals surface area contributed by atoms with Gasteiger partial charge in [0.15, 0.2) is 5.78 Å². The largest absolute Gasteiger partial charge is 0.396 e. The molecule has 2 heterocycles. The molecule has 0 bridgehead atoms. The lowest BCUT2D eigenvalue weighted by Crippen LogP contribution is -2.17. The number of Topliss-reactive ketones (excluding diaryl/α,β-unsaturated/α-hetero) is 1. The topological polar surface area (TPSA) is 83.3 Å². The molecule has 4 aromatic rings. The normalized spacial score (nSPS) is 11.3. The molecular formula is C27H25ClN2O3. The van der Waals surface area contributed by atoms with E-state index in [1.54, 1.807) is 18.5 Å². The zero-order valence-electron chi connectivity index (χ0n) is 18.5. The highest BCUT2D eigenvalue weighted by Crippen LogP contribution is 2.40. The second-order valence-electron chi connectivity index (χ2n) is 8.22. The Morgan fingerprint density at radius 1 is 1.00 bits per heavy atom. The second kappa shape index (κ2) is 9.79. The van der Waals surface area contributed by atoms with Crippen molar-refractivity contribution in [2.24, 2.45) is 5.92 Å². The third kappa shape index (κ3) is 4.53. The molecule has 0 atom stereocenters. The Morgan fingerprint density at radius 3 is 2.36 bits per heavy atom. The Balaban J connectivity index is 2.01. The minimum Gasteiger partial charge on any atom is -0.396 e. The van der Waals surface area contributed by atoms with Crippen LogP contribution in [-0.4, -0.2) is 39.2 Å². The maximum Gasteiger partial charge on any atom is 0.181 e. The number of aliphatic hydroxyl groups excluding tert-OH is 2. The van der Waals surface area contributed by atoms with E-state index in [2.05, 4.69) is 11.9 Å². The van der Waals surface area contributed by atoms with Crippen LogP contribution in [-0.2, 0) is 0 Å². The van der Waals surface area contributed by atoms with E-state index in [0.29, 0.717) is 16.2 Å². The highest BCUT2D eigenvalue weighted by Gasteiger charge is 2.21. The van der Waals surface area contributed by atoms with Crippen molar-refractivity contribution in [2.45, 2.75) is 20.3 Å². The number of hydrogen-bond donors (Lipinski definition) is 2. The van der Waals surface area contributed by atoms with E-state index in [0.717, 1.165) is 38.8 Å². The van der Waals surface area contributed by atoms with Crippen LogP contribution in [0.3, 0.4) is 0 Å². The molecule has 0 fully saturated rings. The number of nitrogens with zero attached hydrogens (tertiary/aromatic N) is 2. The van der Waals surface area contributed by atoms with Crippen LogP contribution >= 0.6 is 11.6 Å². The smallest absolute Gasteiger partial charge is 0.181 e. The van der Waals surface area contributed by atoms with Gasteiger partial charge in [0.1, 0.15) is 5.69 Å². The van der Waals surface area contributed by atoms with E-state index in [4.69, 9.17) is 16.6 Å². The lowest BCUT2D eigenvalue weighted by molar-refractivity contribution is 0.0874. The molecular weight excluding hydrogens is 436 g/mol.